The highest BCUT2D eigenvalue weighted by molar-refractivity contribution is 6.09. The molecule has 0 radical (unpaired) electrons. The average molecular weight is 419 g/mol. The molecule has 0 aliphatic carbocycles. The second kappa shape index (κ2) is 7.06. The normalized spacial score (nSPS) is 12.7. The van der Waals surface area contributed by atoms with E-state index in [2.05, 4.69) is 34.9 Å². The predicted octanol–water partition coefficient (Wildman–Crippen LogP) is 7.42. The van der Waals surface area contributed by atoms with Crippen molar-refractivity contribution in [1.82, 2.24) is 14.5 Å². The summed E-state index contributed by atoms with van der Waals surface area (Å²) in [5.74, 6) is 0.0980. The molecule has 0 spiro atoms. The molecule has 3 heterocycles. The van der Waals surface area contributed by atoms with Gasteiger partial charge in [0.1, 0.15) is 16.7 Å². The van der Waals surface area contributed by atoms with Gasteiger partial charge < -0.3 is 4.42 Å². The smallest absolute Gasteiger partial charge is 0.164 e. The summed E-state index contributed by atoms with van der Waals surface area (Å²) in [5, 5.41) is 2.07. The van der Waals surface area contributed by atoms with Crippen molar-refractivity contribution in [3.63, 3.8) is 0 Å². The summed E-state index contributed by atoms with van der Waals surface area (Å²) in [7, 11) is 0. The molecule has 4 heteroatoms. The van der Waals surface area contributed by atoms with Crippen molar-refractivity contribution in [2.75, 3.05) is 0 Å². The Morgan fingerprint density at radius 2 is 1.78 bits per heavy atom. The molecule has 0 aliphatic heterocycles. The third-order valence-electron chi connectivity index (χ3n) is 5.97. The number of aryl methyl sites for hydroxylation is 1. The maximum atomic E-state index is 8.40. The van der Waals surface area contributed by atoms with Gasteiger partial charge in [0.25, 0.3) is 0 Å². The van der Waals surface area contributed by atoms with Crippen LogP contribution in [0, 0.1) is 6.92 Å². The highest BCUT2D eigenvalue weighted by atomic mass is 16.3. The Morgan fingerprint density at radius 1 is 0.938 bits per heavy atom. The molecule has 0 saturated heterocycles. The number of fused-ring (bicyclic) bond motifs is 4. The van der Waals surface area contributed by atoms with E-state index in [4.69, 9.17) is 15.8 Å². The van der Waals surface area contributed by atoms with Crippen molar-refractivity contribution < 1.29 is 5.79 Å². The van der Waals surface area contributed by atoms with E-state index in [0.717, 1.165) is 61.3 Å². The number of imidazole rings is 1. The number of rotatable bonds is 3. The lowest BCUT2D eigenvalue weighted by molar-refractivity contribution is 0.667. The van der Waals surface area contributed by atoms with Gasteiger partial charge in [0.15, 0.2) is 11.5 Å². The minimum atomic E-state index is -0.694. The first-order valence-corrected chi connectivity index (χ1v) is 10.8. The van der Waals surface area contributed by atoms with Gasteiger partial charge in [0.2, 0.25) is 0 Å². The second-order valence-electron chi connectivity index (χ2n) is 8.46. The van der Waals surface area contributed by atoms with Gasteiger partial charge in [-0.15, -0.1) is 0 Å². The van der Waals surface area contributed by atoms with E-state index in [9.17, 15) is 0 Å². The van der Waals surface area contributed by atoms with E-state index in [1.165, 1.54) is 0 Å². The van der Waals surface area contributed by atoms with E-state index in [1.807, 2.05) is 69.4 Å². The molecular weight excluding hydrogens is 394 g/mol. The molecule has 0 aliphatic rings. The number of benzene rings is 3. The zero-order valence-corrected chi connectivity index (χ0v) is 18.3. The number of para-hydroxylation sites is 2. The maximum absolute atomic E-state index is 8.40. The summed E-state index contributed by atoms with van der Waals surface area (Å²) in [6.45, 7) is 5.80. The molecule has 6 rings (SSSR count). The SMILES string of the molecule is [2H]C(C)(C)c1ccc2c(c1)oc1c(-c3nc4cc(C)cnc4n3-c3ccccc3)cccc12. The lowest BCUT2D eigenvalue weighted by atomic mass is 10.0. The summed E-state index contributed by atoms with van der Waals surface area (Å²) < 4.78 is 16.9. The van der Waals surface area contributed by atoms with Crippen molar-refractivity contribution in [2.45, 2.75) is 26.7 Å². The highest BCUT2D eigenvalue weighted by Crippen LogP contribution is 2.38. The monoisotopic (exact) mass is 418 g/mol. The van der Waals surface area contributed by atoms with E-state index in [-0.39, 0.29) is 0 Å². The quantitative estimate of drug-likeness (QED) is 0.300. The van der Waals surface area contributed by atoms with E-state index in [0.29, 0.717) is 0 Å². The fourth-order valence-corrected chi connectivity index (χ4v) is 4.35. The summed E-state index contributed by atoms with van der Waals surface area (Å²) >= 11 is 0. The molecule has 0 atom stereocenters. The molecule has 0 saturated carbocycles. The number of aromatic nitrogens is 3. The Bertz CT molecular complexity index is 1660. The topological polar surface area (TPSA) is 43.9 Å². The van der Waals surface area contributed by atoms with E-state index < -0.39 is 5.89 Å². The lowest BCUT2D eigenvalue weighted by Gasteiger charge is -2.09. The number of hydrogen-bond acceptors (Lipinski definition) is 3. The Morgan fingerprint density at radius 3 is 2.59 bits per heavy atom. The van der Waals surface area contributed by atoms with Crippen LogP contribution < -0.4 is 0 Å². The van der Waals surface area contributed by atoms with Crippen LogP contribution in [0.5, 0.6) is 0 Å². The molecule has 156 valence electrons. The molecule has 3 aromatic carbocycles. The standard InChI is InChI=1S/C28H23N3O/c1-17(2)19-12-13-21-22-10-7-11-23(26(22)32-25(21)15-19)27-30-24-14-18(3)16-29-28(24)31(27)20-8-5-4-6-9-20/h4-17H,1-3H3/i17D. The third-order valence-corrected chi connectivity index (χ3v) is 5.97. The molecule has 3 aromatic heterocycles. The molecule has 32 heavy (non-hydrogen) atoms. The molecule has 0 N–H and O–H groups in total. The maximum Gasteiger partial charge on any atom is 0.164 e. The largest absolute Gasteiger partial charge is 0.455 e. The third kappa shape index (κ3) is 2.83. The number of furan rings is 1. The van der Waals surface area contributed by atoms with E-state index >= 15 is 0 Å². The van der Waals surface area contributed by atoms with Crippen LogP contribution in [0.2, 0.25) is 0 Å². The van der Waals surface area contributed by atoms with Crippen LogP contribution in [-0.4, -0.2) is 14.5 Å². The van der Waals surface area contributed by atoms with Crippen molar-refractivity contribution >= 4 is 33.1 Å². The van der Waals surface area contributed by atoms with Crippen LogP contribution in [0.4, 0.5) is 0 Å². The first kappa shape index (κ1) is 17.7. The Labute approximate surface area is 187 Å². The minimum absolute atomic E-state index is 0.694. The fraction of sp³-hybridized carbons (Fsp3) is 0.143. The summed E-state index contributed by atoms with van der Waals surface area (Å²) in [4.78, 5) is 9.72. The first-order chi connectivity index (χ1) is 15.9. The van der Waals surface area contributed by atoms with Gasteiger partial charge in [-0.3, -0.25) is 4.57 Å². The molecule has 0 unspecified atom stereocenters. The van der Waals surface area contributed by atoms with Gasteiger partial charge >= 0.3 is 0 Å². The Balaban J connectivity index is 1.68. The Kier molecular flexibility index (Phi) is 3.91. The van der Waals surface area contributed by atoms with Gasteiger partial charge in [0.05, 0.1) is 5.56 Å². The number of nitrogens with zero attached hydrogens (tertiary/aromatic N) is 3. The van der Waals surface area contributed by atoms with Crippen molar-refractivity contribution in [1.29, 1.82) is 0 Å². The zero-order valence-electron chi connectivity index (χ0n) is 19.3. The second-order valence-corrected chi connectivity index (χ2v) is 8.46. The zero-order chi connectivity index (χ0) is 22.7. The first-order valence-electron chi connectivity index (χ1n) is 11.3. The predicted molar refractivity (Wildman–Crippen MR) is 130 cm³/mol. The van der Waals surface area contributed by atoms with Crippen LogP contribution in [0.3, 0.4) is 0 Å². The van der Waals surface area contributed by atoms with Gasteiger partial charge in [-0.25, -0.2) is 9.97 Å². The molecule has 0 bridgehead atoms. The van der Waals surface area contributed by atoms with Crippen molar-refractivity contribution in [3.8, 4) is 17.1 Å². The molecule has 4 nitrogen and oxygen atoms in total. The van der Waals surface area contributed by atoms with Crippen molar-refractivity contribution in [2.24, 2.45) is 0 Å². The molecular formula is C28H23N3O. The molecule has 6 aromatic rings. The number of hydrogen-bond donors (Lipinski definition) is 0. The summed E-state index contributed by atoms with van der Waals surface area (Å²) in [6.07, 6.45) is 1.87. The van der Waals surface area contributed by atoms with Crippen LogP contribution in [0.1, 0.15) is 32.2 Å². The summed E-state index contributed by atoms with van der Waals surface area (Å²) in [5.41, 5.74) is 7.13. The van der Waals surface area contributed by atoms with Crippen LogP contribution in [0.25, 0.3) is 50.2 Å². The van der Waals surface area contributed by atoms with Crippen LogP contribution >= 0.6 is 0 Å². The Hall–Kier alpha value is -3.92. The van der Waals surface area contributed by atoms with Gasteiger partial charge in [0, 0.05) is 24.0 Å². The van der Waals surface area contributed by atoms with E-state index in [1.54, 1.807) is 0 Å². The average Bonchev–Trinajstić information content (AvgIpc) is 3.36. The minimum Gasteiger partial charge on any atom is -0.455 e. The molecule has 0 amide bonds. The summed E-state index contributed by atoms with van der Waals surface area (Å²) in [6, 6.07) is 24.5. The van der Waals surface area contributed by atoms with Crippen LogP contribution in [-0.2, 0) is 0 Å². The van der Waals surface area contributed by atoms with Gasteiger partial charge in [-0.1, -0.05) is 56.3 Å². The highest BCUT2D eigenvalue weighted by Gasteiger charge is 2.20. The lowest BCUT2D eigenvalue weighted by Crippen LogP contribution is -1.98. The van der Waals surface area contributed by atoms with Crippen LogP contribution in [0.15, 0.2) is 83.4 Å². The number of pyridine rings is 1. The fourth-order valence-electron chi connectivity index (χ4n) is 4.35. The molecule has 0 fully saturated rings. The van der Waals surface area contributed by atoms with Gasteiger partial charge in [-0.05, 0) is 54.3 Å². The van der Waals surface area contributed by atoms with Gasteiger partial charge in [-0.2, -0.15) is 0 Å². The van der Waals surface area contributed by atoms with Crippen molar-refractivity contribution in [3.05, 3.63) is 90.1 Å².